The monoisotopic (exact) mass is 407 g/mol. The van der Waals surface area contributed by atoms with Gasteiger partial charge in [0.15, 0.2) is 18.5 Å². The third-order valence-corrected chi connectivity index (χ3v) is 4.35. The van der Waals surface area contributed by atoms with Crippen molar-refractivity contribution in [1.82, 2.24) is 0 Å². The molecule has 29 heavy (non-hydrogen) atoms. The minimum absolute atomic E-state index is 0.129. The first-order chi connectivity index (χ1) is 13.7. The van der Waals surface area contributed by atoms with Gasteiger partial charge in [-0.3, -0.25) is 9.59 Å². The lowest BCUT2D eigenvalue weighted by molar-refractivity contribution is -0.765. The van der Waals surface area contributed by atoms with E-state index >= 15 is 0 Å². The molecule has 10 nitrogen and oxygen atoms in total. The molecular weight excluding hydrogens is 384 g/mol. The number of aromatic nitrogens is 1. The standard InChI is InChI=1S/C19H22N2O8/c1-11-14(10-27-16(24)7-6-15(23)26-3)29-19(17(11)28-12(2)22)21-8-4-5-13(9-21)18(20)25/h4-9,11,14,17,19H,10H2,1-3H3,(H-,20,25)/p+1/b7-6+/t11-,14-,17-,19-/m1/s1. The second-order valence-corrected chi connectivity index (χ2v) is 6.39. The zero-order valence-electron chi connectivity index (χ0n) is 16.3. The molecule has 0 saturated carbocycles. The van der Waals surface area contributed by atoms with Crippen LogP contribution in [-0.4, -0.2) is 49.7 Å². The molecule has 0 aliphatic carbocycles. The van der Waals surface area contributed by atoms with Crippen LogP contribution in [0.1, 0.15) is 30.4 Å². The number of pyridine rings is 1. The van der Waals surface area contributed by atoms with Crippen LogP contribution in [0.3, 0.4) is 0 Å². The van der Waals surface area contributed by atoms with Gasteiger partial charge < -0.3 is 24.7 Å². The number of carbonyl (C=O) groups excluding carboxylic acids is 4. The molecule has 2 N–H and O–H groups in total. The molecule has 10 heteroatoms. The van der Waals surface area contributed by atoms with E-state index in [0.717, 1.165) is 12.2 Å². The Kier molecular flexibility index (Phi) is 7.43. The smallest absolute Gasteiger partial charge is 0.331 e. The second kappa shape index (κ2) is 9.78. The van der Waals surface area contributed by atoms with Gasteiger partial charge in [-0.15, -0.1) is 0 Å². The quantitative estimate of drug-likeness (QED) is 0.284. The molecule has 1 aromatic rings. The van der Waals surface area contributed by atoms with Crippen LogP contribution in [-0.2, 0) is 33.3 Å². The molecule has 0 unspecified atom stereocenters. The van der Waals surface area contributed by atoms with Crippen LogP contribution in [0.25, 0.3) is 0 Å². The number of methoxy groups -OCH3 is 1. The molecule has 156 valence electrons. The van der Waals surface area contributed by atoms with Crippen LogP contribution in [0, 0.1) is 5.92 Å². The van der Waals surface area contributed by atoms with Crippen molar-refractivity contribution in [2.24, 2.45) is 11.7 Å². The minimum atomic E-state index is -0.748. The lowest BCUT2D eigenvalue weighted by atomic mass is 10.0. The highest BCUT2D eigenvalue weighted by Crippen LogP contribution is 2.33. The summed E-state index contributed by atoms with van der Waals surface area (Å²) in [4.78, 5) is 45.8. The van der Waals surface area contributed by atoms with E-state index in [1.165, 1.54) is 20.2 Å². The molecule has 1 aliphatic heterocycles. The molecule has 1 aromatic heterocycles. The molecule has 2 heterocycles. The van der Waals surface area contributed by atoms with Crippen LogP contribution in [0.5, 0.6) is 0 Å². The summed E-state index contributed by atoms with van der Waals surface area (Å²) in [5, 5.41) is 0. The predicted octanol–water partition coefficient (Wildman–Crippen LogP) is -0.189. The first-order valence-electron chi connectivity index (χ1n) is 8.79. The molecule has 1 aliphatic rings. The average Bonchev–Trinajstić information content (AvgIpc) is 2.99. The normalized spacial score (nSPS) is 23.6. The lowest BCUT2D eigenvalue weighted by Crippen LogP contribution is -2.46. The first-order valence-corrected chi connectivity index (χ1v) is 8.79. The number of rotatable bonds is 7. The Morgan fingerprint density at radius 2 is 1.93 bits per heavy atom. The van der Waals surface area contributed by atoms with Gasteiger partial charge in [0.05, 0.1) is 7.11 Å². The number of nitrogens with two attached hydrogens (primary N) is 1. The maximum Gasteiger partial charge on any atom is 0.331 e. The van der Waals surface area contributed by atoms with E-state index in [4.69, 9.17) is 19.9 Å². The van der Waals surface area contributed by atoms with E-state index in [1.54, 1.807) is 29.8 Å². The van der Waals surface area contributed by atoms with E-state index in [2.05, 4.69) is 4.74 Å². The Morgan fingerprint density at radius 1 is 1.24 bits per heavy atom. The summed E-state index contributed by atoms with van der Waals surface area (Å²) < 4.78 is 22.4. The van der Waals surface area contributed by atoms with Gasteiger partial charge in [-0.05, 0) is 6.07 Å². The summed E-state index contributed by atoms with van der Waals surface area (Å²) in [6.45, 7) is 2.93. The predicted molar refractivity (Wildman–Crippen MR) is 95.9 cm³/mol. The van der Waals surface area contributed by atoms with Crippen molar-refractivity contribution in [3.8, 4) is 0 Å². The van der Waals surface area contributed by atoms with Crippen LogP contribution in [0.15, 0.2) is 36.7 Å². The van der Waals surface area contributed by atoms with E-state index in [1.807, 2.05) is 0 Å². The number of hydrogen-bond donors (Lipinski definition) is 1. The Balaban J connectivity index is 2.14. The Labute approximate surface area is 167 Å². The summed E-state index contributed by atoms with van der Waals surface area (Å²) in [5.41, 5.74) is 5.57. The lowest BCUT2D eigenvalue weighted by Gasteiger charge is -2.17. The molecular formula is C19H23N2O8+. The fourth-order valence-corrected chi connectivity index (χ4v) is 2.85. The molecule has 0 aromatic carbocycles. The van der Waals surface area contributed by atoms with Crippen LogP contribution in [0.4, 0.5) is 0 Å². The number of ether oxygens (including phenoxy) is 4. The highest BCUT2D eigenvalue weighted by molar-refractivity contribution is 5.92. The van der Waals surface area contributed by atoms with E-state index in [9.17, 15) is 19.2 Å². The van der Waals surface area contributed by atoms with Crippen molar-refractivity contribution in [2.75, 3.05) is 13.7 Å². The zero-order chi connectivity index (χ0) is 21.6. The van der Waals surface area contributed by atoms with Crippen molar-refractivity contribution in [3.05, 3.63) is 42.2 Å². The van der Waals surface area contributed by atoms with Crippen LogP contribution < -0.4 is 10.3 Å². The van der Waals surface area contributed by atoms with E-state index in [-0.39, 0.29) is 18.1 Å². The molecule has 1 amide bonds. The van der Waals surface area contributed by atoms with Crippen LogP contribution >= 0.6 is 0 Å². The number of carbonyl (C=O) groups is 4. The third kappa shape index (κ3) is 5.85. The minimum Gasteiger partial charge on any atom is -0.466 e. The van der Waals surface area contributed by atoms with E-state index in [0.29, 0.717) is 0 Å². The highest BCUT2D eigenvalue weighted by atomic mass is 16.6. The third-order valence-electron chi connectivity index (χ3n) is 4.35. The van der Waals surface area contributed by atoms with Crippen molar-refractivity contribution in [1.29, 1.82) is 0 Å². The largest absolute Gasteiger partial charge is 0.466 e. The summed E-state index contributed by atoms with van der Waals surface area (Å²) in [7, 11) is 1.19. The summed E-state index contributed by atoms with van der Waals surface area (Å²) in [5.74, 6) is -2.88. The van der Waals surface area contributed by atoms with Gasteiger partial charge in [0.2, 0.25) is 0 Å². The summed E-state index contributed by atoms with van der Waals surface area (Å²) in [6.07, 6.45) is 2.99. The Morgan fingerprint density at radius 3 is 2.55 bits per heavy atom. The van der Waals surface area contributed by atoms with Gasteiger partial charge in [-0.1, -0.05) is 6.92 Å². The van der Waals surface area contributed by atoms with Crippen molar-refractivity contribution in [3.63, 3.8) is 0 Å². The van der Waals surface area contributed by atoms with Crippen LogP contribution in [0.2, 0.25) is 0 Å². The molecule has 0 spiro atoms. The van der Waals surface area contributed by atoms with Gasteiger partial charge in [0, 0.05) is 31.1 Å². The maximum absolute atomic E-state index is 11.7. The molecule has 1 fully saturated rings. The number of amides is 1. The van der Waals surface area contributed by atoms with Gasteiger partial charge in [-0.2, -0.15) is 4.57 Å². The fraction of sp³-hybridized carbons (Fsp3) is 0.421. The summed E-state index contributed by atoms with van der Waals surface area (Å²) >= 11 is 0. The van der Waals surface area contributed by atoms with Crippen molar-refractivity contribution < 1.29 is 42.7 Å². The number of esters is 3. The summed E-state index contributed by atoms with van der Waals surface area (Å²) in [6, 6.07) is 3.16. The Hall–Kier alpha value is -3.27. The fourth-order valence-electron chi connectivity index (χ4n) is 2.85. The van der Waals surface area contributed by atoms with E-state index < -0.39 is 42.3 Å². The maximum atomic E-state index is 11.7. The first kappa shape index (κ1) is 22.0. The molecule has 1 saturated heterocycles. The van der Waals surface area contributed by atoms with Crippen molar-refractivity contribution >= 4 is 23.8 Å². The number of primary amides is 1. The molecule has 2 rings (SSSR count). The highest BCUT2D eigenvalue weighted by Gasteiger charge is 2.50. The average molecular weight is 407 g/mol. The Bertz CT molecular complexity index is 822. The number of nitrogens with zero attached hydrogens (tertiary/aromatic N) is 1. The molecule has 0 bridgehead atoms. The second-order valence-electron chi connectivity index (χ2n) is 6.39. The SMILES string of the molecule is COC(=O)/C=C/C(=O)OC[C@H]1O[C@@H]([n+]2cccc(C(N)=O)c2)[C@H](OC(C)=O)[C@@H]1C. The van der Waals surface area contributed by atoms with Gasteiger partial charge >= 0.3 is 24.1 Å². The van der Waals surface area contributed by atoms with Gasteiger partial charge in [0.1, 0.15) is 18.3 Å². The number of hydrogen-bond acceptors (Lipinski definition) is 8. The van der Waals surface area contributed by atoms with Gasteiger partial charge in [0.25, 0.3) is 5.91 Å². The molecule has 4 atom stereocenters. The topological polar surface area (TPSA) is 135 Å². The van der Waals surface area contributed by atoms with Gasteiger partial charge in [-0.25, -0.2) is 9.59 Å². The van der Waals surface area contributed by atoms with Crippen molar-refractivity contribution in [2.45, 2.75) is 32.3 Å². The molecule has 0 radical (unpaired) electrons. The zero-order valence-corrected chi connectivity index (χ0v) is 16.3.